The Morgan fingerprint density at radius 1 is 1.10 bits per heavy atom. The molecule has 0 aliphatic rings. The zero-order chi connectivity index (χ0) is 29.4. The maximum Gasteiger partial charge on any atom is 0.248 e. The number of nitrogens with two attached hydrogens (primary N) is 1. The zero-order valence-corrected chi connectivity index (χ0v) is 23.7. The van der Waals surface area contributed by atoms with Crippen LogP contribution in [0.15, 0.2) is 60.8 Å². The van der Waals surface area contributed by atoms with E-state index >= 15 is 0 Å². The summed E-state index contributed by atoms with van der Waals surface area (Å²) in [4.78, 5) is 27.3. The molecule has 2 aromatic carbocycles. The normalized spacial score (nSPS) is 13.1. The van der Waals surface area contributed by atoms with Crippen LogP contribution >= 0.6 is 0 Å². The van der Waals surface area contributed by atoms with E-state index in [1.807, 2.05) is 55.7 Å². The van der Waals surface area contributed by atoms with Gasteiger partial charge in [0.05, 0.1) is 6.04 Å². The molecule has 0 unspecified atom stereocenters. The molecule has 0 bridgehead atoms. The molecular weight excluding hydrogens is 514 g/mol. The number of aromatic nitrogens is 1. The quantitative estimate of drug-likeness (QED) is 0.307. The molecule has 7 nitrogen and oxygen atoms in total. The predicted molar refractivity (Wildman–Crippen MR) is 152 cm³/mol. The standard InChI is InChI=1S/C31H40F2N4O3/c1-21(30(40)35-14-13-34)12-15-37(28(39)20-38)29(31(2,3)4)27-16-23(25-17-24(32)10-11-26(25)33)19-36(27)18-22-8-6-5-7-9-22/h5-11,16-17,19,21,29,38H,12-15,18,20,34H2,1-4H3,(H,35,40)/t21-,29-/m0/s1. The van der Waals surface area contributed by atoms with Gasteiger partial charge >= 0.3 is 0 Å². The van der Waals surface area contributed by atoms with Gasteiger partial charge in [0.1, 0.15) is 18.2 Å². The molecule has 0 fully saturated rings. The van der Waals surface area contributed by atoms with Gasteiger partial charge in [0, 0.05) is 55.1 Å². The number of benzene rings is 2. The lowest BCUT2D eigenvalue weighted by molar-refractivity contribution is -0.140. The molecule has 0 aliphatic heterocycles. The van der Waals surface area contributed by atoms with Crippen molar-refractivity contribution < 1.29 is 23.5 Å². The number of rotatable bonds is 12. The summed E-state index contributed by atoms with van der Waals surface area (Å²) in [6.45, 7) is 8.34. The number of nitrogens with one attached hydrogen (secondary N) is 1. The fourth-order valence-electron chi connectivity index (χ4n) is 4.93. The number of hydrogen-bond donors (Lipinski definition) is 3. The monoisotopic (exact) mass is 554 g/mol. The molecule has 0 aliphatic carbocycles. The van der Waals surface area contributed by atoms with Crippen LogP contribution in [0.25, 0.3) is 11.1 Å². The Morgan fingerprint density at radius 2 is 1.80 bits per heavy atom. The third kappa shape index (κ3) is 7.76. The maximum absolute atomic E-state index is 14.9. The van der Waals surface area contributed by atoms with Gasteiger partial charge in [0.2, 0.25) is 11.8 Å². The minimum absolute atomic E-state index is 0.117. The summed E-state index contributed by atoms with van der Waals surface area (Å²) in [6.07, 6.45) is 2.13. The summed E-state index contributed by atoms with van der Waals surface area (Å²) in [5, 5.41) is 12.7. The van der Waals surface area contributed by atoms with E-state index in [1.165, 1.54) is 0 Å². The summed E-state index contributed by atoms with van der Waals surface area (Å²) in [5.74, 6) is -2.15. The van der Waals surface area contributed by atoms with Gasteiger partial charge in [-0.15, -0.1) is 0 Å². The minimum atomic E-state index is -0.703. The van der Waals surface area contributed by atoms with Gasteiger partial charge in [-0.05, 0) is 41.7 Å². The van der Waals surface area contributed by atoms with Crippen molar-refractivity contribution in [3.8, 4) is 11.1 Å². The van der Waals surface area contributed by atoms with Gasteiger partial charge in [-0.2, -0.15) is 0 Å². The van der Waals surface area contributed by atoms with Crippen molar-refractivity contribution in [3.05, 3.63) is 83.7 Å². The molecule has 0 saturated heterocycles. The number of aliphatic hydroxyl groups is 1. The van der Waals surface area contributed by atoms with Crippen LogP contribution in [0.2, 0.25) is 0 Å². The second kappa shape index (κ2) is 13.7. The number of aliphatic hydroxyl groups excluding tert-OH is 1. The Balaban J connectivity index is 2.10. The molecule has 9 heteroatoms. The average molecular weight is 555 g/mol. The number of amides is 2. The lowest BCUT2D eigenvalue weighted by Crippen LogP contribution is -2.45. The average Bonchev–Trinajstić information content (AvgIpc) is 3.32. The molecule has 4 N–H and O–H groups in total. The first-order valence-electron chi connectivity index (χ1n) is 13.5. The third-order valence-corrected chi connectivity index (χ3v) is 6.93. The number of carbonyl (C=O) groups is 2. The first-order valence-corrected chi connectivity index (χ1v) is 13.5. The molecule has 0 spiro atoms. The van der Waals surface area contributed by atoms with Crippen molar-refractivity contribution in [2.24, 2.45) is 17.1 Å². The molecule has 2 amide bonds. The van der Waals surface area contributed by atoms with Gasteiger partial charge in [0.15, 0.2) is 0 Å². The molecular formula is C31H40F2N4O3. The highest BCUT2D eigenvalue weighted by molar-refractivity contribution is 5.79. The maximum atomic E-state index is 14.9. The Morgan fingerprint density at radius 3 is 2.42 bits per heavy atom. The van der Waals surface area contributed by atoms with Crippen LogP contribution in [0, 0.1) is 23.0 Å². The Kier molecular flexibility index (Phi) is 10.6. The second-order valence-electron chi connectivity index (χ2n) is 11.2. The van der Waals surface area contributed by atoms with E-state index in [0.29, 0.717) is 37.3 Å². The van der Waals surface area contributed by atoms with Gasteiger partial charge in [-0.3, -0.25) is 9.59 Å². The van der Waals surface area contributed by atoms with Crippen LogP contribution in [0.3, 0.4) is 0 Å². The highest BCUT2D eigenvalue weighted by Crippen LogP contribution is 2.41. The fourth-order valence-corrected chi connectivity index (χ4v) is 4.93. The fraction of sp³-hybridized carbons (Fsp3) is 0.419. The van der Waals surface area contributed by atoms with E-state index in [0.717, 1.165) is 23.8 Å². The summed E-state index contributed by atoms with van der Waals surface area (Å²) < 4.78 is 30.9. The highest BCUT2D eigenvalue weighted by Gasteiger charge is 2.37. The largest absolute Gasteiger partial charge is 0.387 e. The molecule has 3 rings (SSSR count). The Bertz CT molecular complexity index is 1290. The lowest BCUT2D eigenvalue weighted by atomic mass is 9.82. The highest BCUT2D eigenvalue weighted by atomic mass is 19.1. The van der Waals surface area contributed by atoms with Gasteiger partial charge in [0.25, 0.3) is 0 Å². The van der Waals surface area contributed by atoms with E-state index in [1.54, 1.807) is 24.1 Å². The van der Waals surface area contributed by atoms with Crippen molar-refractivity contribution in [1.29, 1.82) is 0 Å². The van der Waals surface area contributed by atoms with Crippen molar-refractivity contribution in [3.63, 3.8) is 0 Å². The Labute approximate surface area is 235 Å². The van der Waals surface area contributed by atoms with E-state index in [4.69, 9.17) is 5.73 Å². The molecule has 216 valence electrons. The molecule has 3 aromatic rings. The first kappa shape index (κ1) is 31.0. The predicted octanol–water partition coefficient (Wildman–Crippen LogP) is 4.49. The van der Waals surface area contributed by atoms with Crippen LogP contribution in [-0.2, 0) is 16.1 Å². The third-order valence-electron chi connectivity index (χ3n) is 6.93. The van der Waals surface area contributed by atoms with E-state index < -0.39 is 41.5 Å². The van der Waals surface area contributed by atoms with Crippen LogP contribution in [0.5, 0.6) is 0 Å². The van der Waals surface area contributed by atoms with Crippen LogP contribution in [0.4, 0.5) is 8.78 Å². The van der Waals surface area contributed by atoms with Crippen molar-refractivity contribution >= 4 is 11.8 Å². The van der Waals surface area contributed by atoms with Gasteiger partial charge < -0.3 is 25.6 Å². The van der Waals surface area contributed by atoms with Crippen molar-refractivity contribution in [1.82, 2.24) is 14.8 Å². The summed E-state index contributed by atoms with van der Waals surface area (Å²) >= 11 is 0. The van der Waals surface area contributed by atoms with Crippen molar-refractivity contribution in [2.75, 3.05) is 26.2 Å². The smallest absolute Gasteiger partial charge is 0.248 e. The van der Waals surface area contributed by atoms with Crippen LogP contribution in [-0.4, -0.2) is 52.6 Å². The van der Waals surface area contributed by atoms with Crippen LogP contribution < -0.4 is 11.1 Å². The second-order valence-corrected chi connectivity index (χ2v) is 11.2. The number of hydrogen-bond acceptors (Lipinski definition) is 4. The number of nitrogens with zero attached hydrogens (tertiary/aromatic N) is 2. The lowest BCUT2D eigenvalue weighted by Gasteiger charge is -2.41. The topological polar surface area (TPSA) is 101 Å². The summed E-state index contributed by atoms with van der Waals surface area (Å²) in [6, 6.07) is 14.3. The number of carbonyl (C=O) groups excluding carboxylic acids is 2. The molecule has 1 aromatic heterocycles. The van der Waals surface area contributed by atoms with Crippen LogP contribution in [0.1, 0.15) is 51.4 Å². The van der Waals surface area contributed by atoms with Crippen molar-refractivity contribution in [2.45, 2.75) is 46.7 Å². The SMILES string of the molecule is C[C@@H](CCN(C(=O)CO)[C@@H](c1cc(-c2cc(F)ccc2F)cn1Cc1ccccc1)C(C)(C)C)C(=O)NCCN. The summed E-state index contributed by atoms with van der Waals surface area (Å²) in [7, 11) is 0. The molecule has 0 radical (unpaired) electrons. The molecule has 0 saturated carbocycles. The molecule has 40 heavy (non-hydrogen) atoms. The van der Waals surface area contributed by atoms with Gasteiger partial charge in [-0.1, -0.05) is 58.0 Å². The molecule has 1 heterocycles. The molecule has 2 atom stereocenters. The summed E-state index contributed by atoms with van der Waals surface area (Å²) in [5.41, 5.74) is 7.26. The van der Waals surface area contributed by atoms with E-state index in [-0.39, 0.29) is 18.0 Å². The van der Waals surface area contributed by atoms with E-state index in [9.17, 15) is 23.5 Å². The first-order chi connectivity index (χ1) is 19.0. The Hall–Kier alpha value is -3.56. The van der Waals surface area contributed by atoms with E-state index in [2.05, 4.69) is 5.32 Å². The number of halogens is 2. The zero-order valence-electron chi connectivity index (χ0n) is 23.7. The minimum Gasteiger partial charge on any atom is -0.387 e. The van der Waals surface area contributed by atoms with Gasteiger partial charge in [-0.25, -0.2) is 8.78 Å².